The Hall–Kier alpha value is -2.73. The Balaban J connectivity index is 1.86. The molecule has 28 heavy (non-hydrogen) atoms. The average molecular weight is 406 g/mol. The molecule has 0 spiro atoms. The van der Waals surface area contributed by atoms with Gasteiger partial charge in [-0.2, -0.15) is 0 Å². The average Bonchev–Trinajstić information content (AvgIpc) is 2.69. The van der Waals surface area contributed by atoms with Crippen molar-refractivity contribution in [2.75, 3.05) is 20.3 Å². The summed E-state index contributed by atoms with van der Waals surface area (Å²) in [4.78, 5) is 24.1. The molecule has 1 amide bonds. The number of hydrogen-bond acceptors (Lipinski definition) is 5. The van der Waals surface area contributed by atoms with Crippen LogP contribution < -0.4 is 14.8 Å². The Morgan fingerprint density at radius 2 is 1.79 bits per heavy atom. The second kappa shape index (κ2) is 10.6. The molecule has 0 aliphatic rings. The summed E-state index contributed by atoms with van der Waals surface area (Å²) in [6.07, 6.45) is 0. The molecule has 0 saturated heterocycles. The van der Waals surface area contributed by atoms with E-state index in [9.17, 15) is 9.59 Å². The molecule has 2 rings (SSSR count). The van der Waals surface area contributed by atoms with Gasteiger partial charge >= 0.3 is 5.97 Å². The van der Waals surface area contributed by atoms with E-state index in [1.54, 1.807) is 24.3 Å². The summed E-state index contributed by atoms with van der Waals surface area (Å²) in [6.45, 7) is 4.56. The predicted molar refractivity (Wildman–Crippen MR) is 107 cm³/mol. The van der Waals surface area contributed by atoms with Gasteiger partial charge in [-0.15, -0.1) is 0 Å². The largest absolute Gasteiger partial charge is 0.493 e. The highest BCUT2D eigenvalue weighted by Gasteiger charge is 2.14. The van der Waals surface area contributed by atoms with E-state index in [2.05, 4.69) is 5.32 Å². The zero-order valence-corrected chi connectivity index (χ0v) is 16.9. The number of amides is 1. The quantitative estimate of drug-likeness (QED) is 0.641. The van der Waals surface area contributed by atoms with Gasteiger partial charge < -0.3 is 19.5 Å². The molecule has 0 aliphatic carbocycles. The summed E-state index contributed by atoms with van der Waals surface area (Å²) < 4.78 is 16.0. The van der Waals surface area contributed by atoms with Gasteiger partial charge in [0, 0.05) is 11.6 Å². The van der Waals surface area contributed by atoms with Gasteiger partial charge in [0.25, 0.3) is 5.91 Å². The number of hydrogen-bond donors (Lipinski definition) is 1. The van der Waals surface area contributed by atoms with Gasteiger partial charge in [-0.1, -0.05) is 37.6 Å². The first-order valence-electron chi connectivity index (χ1n) is 8.88. The van der Waals surface area contributed by atoms with Gasteiger partial charge in [0.1, 0.15) is 0 Å². The molecule has 6 nitrogen and oxygen atoms in total. The molecular formula is C21H24ClNO5. The molecule has 7 heteroatoms. The van der Waals surface area contributed by atoms with Crippen LogP contribution in [0.3, 0.4) is 0 Å². The number of methoxy groups -OCH3 is 1. The van der Waals surface area contributed by atoms with Gasteiger partial charge in [-0.25, -0.2) is 4.79 Å². The molecule has 1 N–H and O–H groups in total. The van der Waals surface area contributed by atoms with E-state index in [-0.39, 0.29) is 12.2 Å². The topological polar surface area (TPSA) is 73.9 Å². The molecule has 0 unspecified atom stereocenters. The standard InChI is InChI=1S/C21H24ClNO5/c1-14(2)12-27-18-9-6-16(10-19(18)26-3)21(25)28-13-20(24)23-11-15-4-7-17(22)8-5-15/h4-10,14H,11-13H2,1-3H3,(H,23,24). The third-order valence-electron chi connectivity index (χ3n) is 3.71. The summed E-state index contributed by atoms with van der Waals surface area (Å²) in [5.41, 5.74) is 1.17. The molecule has 0 atom stereocenters. The molecular weight excluding hydrogens is 382 g/mol. The maximum absolute atomic E-state index is 12.2. The smallest absolute Gasteiger partial charge is 0.338 e. The minimum Gasteiger partial charge on any atom is -0.493 e. The summed E-state index contributed by atoms with van der Waals surface area (Å²) in [6, 6.07) is 11.9. The van der Waals surface area contributed by atoms with E-state index in [1.807, 2.05) is 26.0 Å². The zero-order chi connectivity index (χ0) is 20.5. The number of nitrogens with one attached hydrogen (secondary N) is 1. The van der Waals surface area contributed by atoms with Crippen molar-refractivity contribution >= 4 is 23.5 Å². The van der Waals surface area contributed by atoms with E-state index < -0.39 is 11.9 Å². The Kier molecular flexibility index (Phi) is 8.14. The van der Waals surface area contributed by atoms with Gasteiger partial charge in [0.05, 0.1) is 19.3 Å². The molecule has 0 heterocycles. The number of rotatable bonds is 9. The van der Waals surface area contributed by atoms with Crippen LogP contribution in [-0.4, -0.2) is 32.2 Å². The van der Waals surface area contributed by atoms with Crippen molar-refractivity contribution in [2.45, 2.75) is 20.4 Å². The number of carbonyl (C=O) groups excluding carboxylic acids is 2. The molecule has 2 aromatic carbocycles. The summed E-state index contributed by atoms with van der Waals surface area (Å²) in [5.74, 6) is 0.332. The maximum atomic E-state index is 12.2. The molecule has 0 radical (unpaired) electrons. The van der Waals surface area contributed by atoms with E-state index in [4.69, 9.17) is 25.8 Å². The van der Waals surface area contributed by atoms with E-state index in [0.29, 0.717) is 35.6 Å². The number of ether oxygens (including phenoxy) is 3. The summed E-state index contributed by atoms with van der Waals surface area (Å²) >= 11 is 5.82. The highest BCUT2D eigenvalue weighted by molar-refractivity contribution is 6.30. The summed E-state index contributed by atoms with van der Waals surface area (Å²) in [5, 5.41) is 3.31. The first kappa shape index (κ1) is 21.6. The van der Waals surface area contributed by atoms with Crippen molar-refractivity contribution < 1.29 is 23.8 Å². The van der Waals surface area contributed by atoms with Crippen LogP contribution in [0.5, 0.6) is 11.5 Å². The highest BCUT2D eigenvalue weighted by atomic mass is 35.5. The minimum absolute atomic E-state index is 0.277. The molecule has 0 aliphatic heterocycles. The van der Waals surface area contributed by atoms with E-state index in [0.717, 1.165) is 5.56 Å². The minimum atomic E-state index is -0.615. The SMILES string of the molecule is COc1cc(C(=O)OCC(=O)NCc2ccc(Cl)cc2)ccc1OCC(C)C. The van der Waals surface area contributed by atoms with Crippen LogP contribution in [-0.2, 0) is 16.1 Å². The first-order valence-corrected chi connectivity index (χ1v) is 9.26. The van der Waals surface area contributed by atoms with Crippen LogP contribution in [0, 0.1) is 5.92 Å². The molecule has 150 valence electrons. The lowest BCUT2D eigenvalue weighted by molar-refractivity contribution is -0.124. The van der Waals surface area contributed by atoms with Crippen molar-refractivity contribution in [1.82, 2.24) is 5.32 Å². The van der Waals surface area contributed by atoms with Crippen LogP contribution in [0.25, 0.3) is 0 Å². The second-order valence-corrected chi connectivity index (χ2v) is 6.99. The zero-order valence-electron chi connectivity index (χ0n) is 16.2. The Bertz CT molecular complexity index is 805. The number of carbonyl (C=O) groups is 2. The number of esters is 1. The highest BCUT2D eigenvalue weighted by Crippen LogP contribution is 2.28. The van der Waals surface area contributed by atoms with Gasteiger partial charge in [-0.05, 0) is 41.8 Å². The molecule has 0 aromatic heterocycles. The predicted octanol–water partition coefficient (Wildman–Crippen LogP) is 3.86. The van der Waals surface area contributed by atoms with E-state index >= 15 is 0 Å². The van der Waals surface area contributed by atoms with Gasteiger partial charge in [0.2, 0.25) is 0 Å². The maximum Gasteiger partial charge on any atom is 0.338 e. The third kappa shape index (κ3) is 6.78. The van der Waals surface area contributed by atoms with Crippen LogP contribution in [0.1, 0.15) is 29.8 Å². The monoisotopic (exact) mass is 405 g/mol. The number of halogens is 1. The first-order chi connectivity index (χ1) is 13.4. The fraction of sp³-hybridized carbons (Fsp3) is 0.333. The second-order valence-electron chi connectivity index (χ2n) is 6.55. The lowest BCUT2D eigenvalue weighted by Crippen LogP contribution is -2.28. The lowest BCUT2D eigenvalue weighted by Gasteiger charge is -2.13. The van der Waals surface area contributed by atoms with Crippen LogP contribution in [0.2, 0.25) is 5.02 Å². The molecule has 0 fully saturated rings. The fourth-order valence-electron chi connectivity index (χ4n) is 2.24. The molecule has 2 aromatic rings. The van der Waals surface area contributed by atoms with Crippen molar-refractivity contribution in [2.24, 2.45) is 5.92 Å². The molecule has 0 bridgehead atoms. The van der Waals surface area contributed by atoms with Crippen LogP contribution in [0.15, 0.2) is 42.5 Å². The van der Waals surface area contributed by atoms with Crippen molar-refractivity contribution in [3.05, 3.63) is 58.6 Å². The van der Waals surface area contributed by atoms with Crippen molar-refractivity contribution in [1.29, 1.82) is 0 Å². The van der Waals surface area contributed by atoms with Crippen molar-refractivity contribution in [3.8, 4) is 11.5 Å². The Morgan fingerprint density at radius 1 is 1.07 bits per heavy atom. The molecule has 0 saturated carbocycles. The fourth-order valence-corrected chi connectivity index (χ4v) is 2.36. The normalized spacial score (nSPS) is 10.5. The Labute approximate surface area is 169 Å². The Morgan fingerprint density at radius 3 is 2.43 bits per heavy atom. The lowest BCUT2D eigenvalue weighted by atomic mass is 10.2. The van der Waals surface area contributed by atoms with Crippen LogP contribution in [0.4, 0.5) is 0 Å². The van der Waals surface area contributed by atoms with Gasteiger partial charge in [-0.3, -0.25) is 4.79 Å². The third-order valence-corrected chi connectivity index (χ3v) is 3.96. The van der Waals surface area contributed by atoms with E-state index in [1.165, 1.54) is 13.2 Å². The van der Waals surface area contributed by atoms with Crippen LogP contribution >= 0.6 is 11.6 Å². The summed E-state index contributed by atoms with van der Waals surface area (Å²) in [7, 11) is 1.50. The number of benzene rings is 2. The van der Waals surface area contributed by atoms with Gasteiger partial charge in [0.15, 0.2) is 18.1 Å². The van der Waals surface area contributed by atoms with Crippen molar-refractivity contribution in [3.63, 3.8) is 0 Å².